The molecule has 74 valence electrons. The number of amides is 1. The Hall–Kier alpha value is -0.770. The third-order valence-electron chi connectivity index (χ3n) is 2.81. The van der Waals surface area contributed by atoms with Crippen molar-refractivity contribution in [1.82, 2.24) is 4.90 Å². The summed E-state index contributed by atoms with van der Waals surface area (Å²) in [6.07, 6.45) is 2.22. The molecule has 13 heavy (non-hydrogen) atoms. The van der Waals surface area contributed by atoms with E-state index in [4.69, 9.17) is 0 Å². The molecule has 1 unspecified atom stereocenters. The fourth-order valence-electron chi connectivity index (χ4n) is 1.65. The number of likely N-dealkylation sites (tertiary alicyclic amines) is 1. The Bertz CT molecular complexity index is 198. The first kappa shape index (κ1) is 10.3. The van der Waals surface area contributed by atoms with Crippen LogP contribution in [-0.4, -0.2) is 29.9 Å². The zero-order chi connectivity index (χ0) is 9.84. The first-order chi connectivity index (χ1) is 6.15. The average molecular weight is 184 g/mol. The molecule has 0 aromatic heterocycles. The molecule has 0 radical (unpaired) electrons. The molecule has 0 bridgehead atoms. The molecule has 0 N–H and O–H groups in total. The molecule has 0 aromatic rings. The lowest BCUT2D eigenvalue weighted by Crippen LogP contribution is -2.43. The van der Waals surface area contributed by atoms with Crippen molar-refractivity contribution in [3.63, 3.8) is 0 Å². The van der Waals surface area contributed by atoms with Crippen LogP contribution in [0.25, 0.3) is 0 Å². The van der Waals surface area contributed by atoms with Crippen LogP contribution < -0.4 is 0 Å². The molecule has 0 saturated carbocycles. The summed E-state index contributed by atoms with van der Waals surface area (Å²) in [4.78, 5) is 23.0. The number of nitrogens with zero attached hydrogens (tertiary/aromatic N) is 2. The highest BCUT2D eigenvalue weighted by Gasteiger charge is 2.25. The molecule has 1 saturated heterocycles. The minimum atomic E-state index is -0.547. The van der Waals surface area contributed by atoms with Crippen LogP contribution in [0.4, 0.5) is 0 Å². The van der Waals surface area contributed by atoms with Crippen LogP contribution in [0.3, 0.4) is 0 Å². The van der Waals surface area contributed by atoms with Crippen molar-refractivity contribution in [1.29, 1.82) is 0 Å². The second-order valence-electron chi connectivity index (χ2n) is 3.82. The minimum absolute atomic E-state index is 0.329. The van der Waals surface area contributed by atoms with E-state index in [1.165, 1.54) is 0 Å². The molecular formula is C9H16N2O2. The Balaban J connectivity index is 2.44. The Morgan fingerprint density at radius 1 is 1.46 bits per heavy atom. The van der Waals surface area contributed by atoms with Gasteiger partial charge in [-0.25, -0.2) is 0 Å². The van der Waals surface area contributed by atoms with E-state index < -0.39 is 5.91 Å². The second kappa shape index (κ2) is 4.46. The molecule has 1 heterocycles. The highest BCUT2D eigenvalue weighted by atomic mass is 16.3. The molecule has 1 fully saturated rings. The van der Waals surface area contributed by atoms with Crippen molar-refractivity contribution in [2.45, 2.75) is 32.7 Å². The first-order valence-electron chi connectivity index (χ1n) is 4.76. The van der Waals surface area contributed by atoms with E-state index in [0.717, 1.165) is 31.8 Å². The van der Waals surface area contributed by atoms with Gasteiger partial charge < -0.3 is 0 Å². The van der Waals surface area contributed by atoms with Crippen LogP contribution in [-0.2, 0) is 4.79 Å². The van der Waals surface area contributed by atoms with Crippen molar-refractivity contribution in [3.05, 3.63) is 4.91 Å². The maximum atomic E-state index is 11.0. The second-order valence-corrected chi connectivity index (χ2v) is 3.82. The smallest absolute Gasteiger partial charge is 0.292 e. The zero-order valence-corrected chi connectivity index (χ0v) is 8.19. The Morgan fingerprint density at radius 3 is 2.46 bits per heavy atom. The van der Waals surface area contributed by atoms with Crippen LogP contribution in [0.1, 0.15) is 26.7 Å². The Kier molecular flexibility index (Phi) is 3.54. The first-order valence-corrected chi connectivity index (χ1v) is 4.76. The van der Waals surface area contributed by atoms with Gasteiger partial charge in [0.05, 0.1) is 6.04 Å². The number of carbonyl (C=O) groups is 1. The van der Waals surface area contributed by atoms with Gasteiger partial charge in [-0.05, 0) is 38.8 Å². The minimum Gasteiger partial charge on any atom is -0.292 e. The molecule has 0 spiro atoms. The van der Waals surface area contributed by atoms with E-state index >= 15 is 0 Å². The lowest BCUT2D eigenvalue weighted by atomic mass is 9.98. The lowest BCUT2D eigenvalue weighted by molar-refractivity contribution is -0.123. The zero-order valence-electron chi connectivity index (χ0n) is 8.19. The molecule has 0 aliphatic carbocycles. The summed E-state index contributed by atoms with van der Waals surface area (Å²) in [6.45, 7) is 5.77. The highest BCUT2D eigenvalue weighted by molar-refractivity contribution is 5.81. The van der Waals surface area contributed by atoms with Crippen LogP contribution in [0.2, 0.25) is 0 Å². The highest BCUT2D eigenvalue weighted by Crippen LogP contribution is 2.18. The normalized spacial score (nSPS) is 22.6. The van der Waals surface area contributed by atoms with Gasteiger partial charge in [0, 0.05) is 5.18 Å². The molecule has 1 aliphatic rings. The van der Waals surface area contributed by atoms with Gasteiger partial charge in [0.25, 0.3) is 0 Å². The summed E-state index contributed by atoms with van der Waals surface area (Å²) in [7, 11) is 0. The number of nitroso groups, excluding NO2 is 1. The standard InChI is InChI=1S/C9H16N2O2/c1-7-3-5-11(6-4-7)8(2)9(12)10-13/h7-8H,3-6H2,1-2H3. The summed E-state index contributed by atoms with van der Waals surface area (Å²) in [5.74, 6) is 0.192. The van der Waals surface area contributed by atoms with Crippen molar-refractivity contribution >= 4 is 5.91 Å². The van der Waals surface area contributed by atoms with E-state index in [0.29, 0.717) is 0 Å². The average Bonchev–Trinajstić information content (AvgIpc) is 2.17. The number of piperidine rings is 1. The van der Waals surface area contributed by atoms with E-state index in [1.54, 1.807) is 6.92 Å². The van der Waals surface area contributed by atoms with Crippen LogP contribution >= 0.6 is 0 Å². The third-order valence-corrected chi connectivity index (χ3v) is 2.81. The number of carbonyl (C=O) groups excluding carboxylic acids is 1. The van der Waals surface area contributed by atoms with Gasteiger partial charge in [0.1, 0.15) is 0 Å². The van der Waals surface area contributed by atoms with E-state index in [9.17, 15) is 9.70 Å². The summed E-state index contributed by atoms with van der Waals surface area (Å²) in [5, 5.41) is 2.45. The van der Waals surface area contributed by atoms with Gasteiger partial charge in [0.2, 0.25) is 0 Å². The van der Waals surface area contributed by atoms with Gasteiger partial charge in [-0.1, -0.05) is 6.92 Å². The van der Waals surface area contributed by atoms with Gasteiger partial charge in [-0.3, -0.25) is 9.69 Å². The monoisotopic (exact) mass is 184 g/mol. The van der Waals surface area contributed by atoms with Crippen molar-refractivity contribution in [2.75, 3.05) is 13.1 Å². The van der Waals surface area contributed by atoms with Crippen molar-refractivity contribution in [3.8, 4) is 0 Å². The fourth-order valence-corrected chi connectivity index (χ4v) is 1.65. The third kappa shape index (κ3) is 2.59. The van der Waals surface area contributed by atoms with E-state index in [2.05, 4.69) is 12.1 Å². The summed E-state index contributed by atoms with van der Waals surface area (Å²) >= 11 is 0. The van der Waals surface area contributed by atoms with Gasteiger partial charge in [-0.2, -0.15) is 0 Å². The topological polar surface area (TPSA) is 49.7 Å². The van der Waals surface area contributed by atoms with Crippen molar-refractivity contribution < 1.29 is 4.79 Å². The molecule has 1 rings (SSSR count). The lowest BCUT2D eigenvalue weighted by Gasteiger charge is -2.32. The predicted molar refractivity (Wildman–Crippen MR) is 50.2 cm³/mol. The van der Waals surface area contributed by atoms with E-state index in [-0.39, 0.29) is 6.04 Å². The van der Waals surface area contributed by atoms with Gasteiger partial charge in [-0.15, -0.1) is 4.91 Å². The van der Waals surface area contributed by atoms with Crippen molar-refractivity contribution in [2.24, 2.45) is 11.1 Å². The maximum absolute atomic E-state index is 11.0. The van der Waals surface area contributed by atoms with Crippen LogP contribution in [0.15, 0.2) is 5.18 Å². The molecular weight excluding hydrogens is 168 g/mol. The summed E-state index contributed by atoms with van der Waals surface area (Å²) in [5.41, 5.74) is 0. The molecule has 4 heteroatoms. The van der Waals surface area contributed by atoms with Gasteiger partial charge in [0.15, 0.2) is 0 Å². The molecule has 4 nitrogen and oxygen atoms in total. The molecule has 1 amide bonds. The van der Waals surface area contributed by atoms with Crippen LogP contribution in [0.5, 0.6) is 0 Å². The Labute approximate surface area is 78.3 Å². The SMILES string of the molecule is CC1CCN(C(C)C(=O)N=O)CC1. The number of hydrogen-bond donors (Lipinski definition) is 0. The molecule has 1 aliphatic heterocycles. The summed E-state index contributed by atoms with van der Waals surface area (Å²) in [6, 6.07) is -0.329. The Morgan fingerprint density at radius 2 is 2.00 bits per heavy atom. The number of hydrogen-bond acceptors (Lipinski definition) is 3. The van der Waals surface area contributed by atoms with E-state index in [1.807, 2.05) is 4.90 Å². The van der Waals surface area contributed by atoms with Gasteiger partial charge >= 0.3 is 5.91 Å². The predicted octanol–water partition coefficient (Wildman–Crippen LogP) is 1.40. The molecule has 0 aromatic carbocycles. The maximum Gasteiger partial charge on any atom is 0.303 e. The van der Waals surface area contributed by atoms with Crippen LogP contribution in [0, 0.1) is 10.8 Å². The summed E-state index contributed by atoms with van der Waals surface area (Å²) < 4.78 is 0. The fraction of sp³-hybridized carbons (Fsp3) is 0.889. The largest absolute Gasteiger partial charge is 0.303 e. The quantitative estimate of drug-likeness (QED) is 0.609. The number of rotatable bonds is 2. The molecule has 1 atom stereocenters.